The van der Waals surface area contributed by atoms with Crippen LogP contribution in [0.3, 0.4) is 0 Å². The number of nitrogens with zero attached hydrogens (tertiary/aromatic N) is 2. The van der Waals surface area contributed by atoms with Crippen LogP contribution < -0.4 is 9.64 Å². The first kappa shape index (κ1) is 15.1. The van der Waals surface area contributed by atoms with Crippen LogP contribution >= 0.6 is 0 Å². The first-order valence-electron chi connectivity index (χ1n) is 8.04. The summed E-state index contributed by atoms with van der Waals surface area (Å²) in [5.74, 6) is 1.80. The number of methoxy groups -OCH3 is 1. The second-order valence-corrected chi connectivity index (χ2v) is 5.90. The summed E-state index contributed by atoms with van der Waals surface area (Å²) < 4.78 is 11.2. The molecule has 1 aromatic carbocycles. The zero-order valence-corrected chi connectivity index (χ0v) is 13.4. The maximum absolute atomic E-state index is 5.80. The van der Waals surface area contributed by atoms with Gasteiger partial charge in [-0.3, -0.25) is 0 Å². The number of ether oxygens (including phenoxy) is 2. The summed E-state index contributed by atoms with van der Waals surface area (Å²) >= 11 is 0. The molecule has 0 radical (unpaired) electrons. The van der Waals surface area contributed by atoms with Crippen LogP contribution in [0.1, 0.15) is 25.7 Å². The van der Waals surface area contributed by atoms with E-state index in [4.69, 9.17) is 14.5 Å². The first-order valence-corrected chi connectivity index (χ1v) is 8.04. The topological polar surface area (TPSA) is 34.6 Å². The highest BCUT2D eigenvalue weighted by molar-refractivity contribution is 5.85. The molecular formula is C18H24N2O2. The van der Waals surface area contributed by atoms with Crippen molar-refractivity contribution in [1.82, 2.24) is 4.98 Å². The van der Waals surface area contributed by atoms with E-state index in [2.05, 4.69) is 30.1 Å². The third kappa shape index (κ3) is 3.33. The zero-order chi connectivity index (χ0) is 15.4. The van der Waals surface area contributed by atoms with E-state index in [1.807, 2.05) is 12.1 Å². The number of hydrogen-bond donors (Lipinski definition) is 0. The molecule has 4 nitrogen and oxygen atoms in total. The smallest absolute Gasteiger partial charge is 0.145 e. The fourth-order valence-corrected chi connectivity index (χ4v) is 2.97. The van der Waals surface area contributed by atoms with Crippen LogP contribution in [-0.2, 0) is 4.74 Å². The molecular weight excluding hydrogens is 276 g/mol. The number of para-hydroxylation sites is 1. The second kappa shape index (κ2) is 6.97. The molecule has 2 aromatic rings. The predicted molar refractivity (Wildman–Crippen MR) is 89.8 cm³/mol. The minimum atomic E-state index is 0.409. The highest BCUT2D eigenvalue weighted by Gasteiger charge is 2.15. The van der Waals surface area contributed by atoms with Crippen molar-refractivity contribution in [2.75, 3.05) is 32.2 Å². The normalized spacial score (nSPS) is 18.4. The summed E-state index contributed by atoms with van der Waals surface area (Å²) in [6.07, 6.45) is 5.15. The molecule has 4 heteroatoms. The molecule has 0 amide bonds. The molecule has 118 valence electrons. The Kier molecular flexibility index (Phi) is 4.78. The monoisotopic (exact) mass is 300 g/mol. The molecule has 1 aliphatic rings. The molecule has 1 atom stereocenters. The van der Waals surface area contributed by atoms with Gasteiger partial charge in [-0.15, -0.1) is 0 Å². The molecule has 0 aliphatic carbocycles. The SMILES string of the molecule is COc1cccc2ccc(N(C)CCC3CCCCO3)nc12. The van der Waals surface area contributed by atoms with Crippen LogP contribution in [0.5, 0.6) is 5.75 Å². The lowest BCUT2D eigenvalue weighted by Crippen LogP contribution is -2.27. The van der Waals surface area contributed by atoms with Crippen LogP contribution in [0, 0.1) is 0 Å². The van der Waals surface area contributed by atoms with Gasteiger partial charge in [0.1, 0.15) is 17.1 Å². The maximum Gasteiger partial charge on any atom is 0.145 e. The molecule has 0 spiro atoms. The molecule has 22 heavy (non-hydrogen) atoms. The fourth-order valence-electron chi connectivity index (χ4n) is 2.97. The summed E-state index contributed by atoms with van der Waals surface area (Å²) in [5, 5.41) is 1.10. The van der Waals surface area contributed by atoms with Crippen LogP contribution in [0.2, 0.25) is 0 Å². The van der Waals surface area contributed by atoms with E-state index < -0.39 is 0 Å². The summed E-state index contributed by atoms with van der Waals surface area (Å²) in [4.78, 5) is 6.97. The molecule has 2 heterocycles. The van der Waals surface area contributed by atoms with E-state index in [9.17, 15) is 0 Å². The minimum Gasteiger partial charge on any atom is -0.494 e. The van der Waals surface area contributed by atoms with E-state index >= 15 is 0 Å². The van der Waals surface area contributed by atoms with Crippen molar-refractivity contribution in [3.05, 3.63) is 30.3 Å². The van der Waals surface area contributed by atoms with Crippen molar-refractivity contribution in [2.24, 2.45) is 0 Å². The second-order valence-electron chi connectivity index (χ2n) is 5.90. The van der Waals surface area contributed by atoms with E-state index in [-0.39, 0.29) is 0 Å². The Hall–Kier alpha value is -1.81. The number of aromatic nitrogens is 1. The Labute approximate surface area is 132 Å². The number of hydrogen-bond acceptors (Lipinski definition) is 4. The van der Waals surface area contributed by atoms with Crippen molar-refractivity contribution < 1.29 is 9.47 Å². The van der Waals surface area contributed by atoms with Gasteiger partial charge in [0.2, 0.25) is 0 Å². The van der Waals surface area contributed by atoms with Crippen LogP contribution in [-0.4, -0.2) is 38.4 Å². The number of benzene rings is 1. The third-order valence-electron chi connectivity index (χ3n) is 4.34. The van der Waals surface area contributed by atoms with Gasteiger partial charge in [-0.2, -0.15) is 0 Å². The van der Waals surface area contributed by atoms with Crippen molar-refractivity contribution in [1.29, 1.82) is 0 Å². The molecule has 0 saturated carbocycles. The zero-order valence-electron chi connectivity index (χ0n) is 13.4. The molecule has 1 aliphatic heterocycles. The van der Waals surface area contributed by atoms with Gasteiger partial charge in [0.15, 0.2) is 0 Å². The number of fused-ring (bicyclic) bond motifs is 1. The molecule has 1 unspecified atom stereocenters. The molecule has 1 saturated heterocycles. The van der Waals surface area contributed by atoms with Gasteiger partial charge in [-0.25, -0.2) is 4.98 Å². The summed E-state index contributed by atoms with van der Waals surface area (Å²) in [6, 6.07) is 10.2. The first-order chi connectivity index (χ1) is 10.8. The van der Waals surface area contributed by atoms with Gasteiger partial charge >= 0.3 is 0 Å². The lowest BCUT2D eigenvalue weighted by Gasteiger charge is -2.25. The highest BCUT2D eigenvalue weighted by Crippen LogP contribution is 2.26. The lowest BCUT2D eigenvalue weighted by atomic mass is 10.1. The van der Waals surface area contributed by atoms with Crippen molar-refractivity contribution in [3.8, 4) is 5.75 Å². The molecule has 1 fully saturated rings. The van der Waals surface area contributed by atoms with E-state index in [1.165, 1.54) is 19.3 Å². The molecule has 1 aromatic heterocycles. The van der Waals surface area contributed by atoms with Crippen LogP contribution in [0.25, 0.3) is 10.9 Å². The quantitative estimate of drug-likeness (QED) is 0.844. The fraction of sp³-hybridized carbons (Fsp3) is 0.500. The van der Waals surface area contributed by atoms with Crippen molar-refractivity contribution in [3.63, 3.8) is 0 Å². The van der Waals surface area contributed by atoms with Crippen molar-refractivity contribution >= 4 is 16.7 Å². The Morgan fingerprint density at radius 3 is 2.95 bits per heavy atom. The number of anilines is 1. The molecule has 0 bridgehead atoms. The van der Waals surface area contributed by atoms with Gasteiger partial charge < -0.3 is 14.4 Å². The van der Waals surface area contributed by atoms with E-state index in [0.29, 0.717) is 6.10 Å². The van der Waals surface area contributed by atoms with Crippen LogP contribution in [0.4, 0.5) is 5.82 Å². The maximum atomic E-state index is 5.80. The van der Waals surface area contributed by atoms with Crippen molar-refractivity contribution in [2.45, 2.75) is 31.8 Å². The average Bonchev–Trinajstić information content (AvgIpc) is 2.59. The average molecular weight is 300 g/mol. The minimum absolute atomic E-state index is 0.409. The Morgan fingerprint density at radius 1 is 1.27 bits per heavy atom. The summed E-state index contributed by atoms with van der Waals surface area (Å²) in [7, 11) is 3.78. The lowest BCUT2D eigenvalue weighted by molar-refractivity contribution is 0.0126. The summed E-state index contributed by atoms with van der Waals surface area (Å²) in [5.41, 5.74) is 0.920. The highest BCUT2D eigenvalue weighted by atomic mass is 16.5. The standard InChI is InChI=1S/C18H24N2O2/c1-20(12-11-15-7-3-4-13-22-15)17-10-9-14-6-5-8-16(21-2)18(14)19-17/h5-6,8-10,15H,3-4,7,11-13H2,1-2H3. The molecule has 3 rings (SSSR count). The van der Waals surface area contributed by atoms with Gasteiger partial charge in [-0.1, -0.05) is 12.1 Å². The Morgan fingerprint density at radius 2 is 2.18 bits per heavy atom. The van der Waals surface area contributed by atoms with E-state index in [0.717, 1.165) is 42.0 Å². The predicted octanol–water partition coefficient (Wildman–Crippen LogP) is 3.64. The Bertz CT molecular complexity index is 624. The third-order valence-corrected chi connectivity index (χ3v) is 4.34. The summed E-state index contributed by atoms with van der Waals surface area (Å²) in [6.45, 7) is 1.87. The van der Waals surface area contributed by atoms with Gasteiger partial charge in [0.25, 0.3) is 0 Å². The number of rotatable bonds is 5. The van der Waals surface area contributed by atoms with Gasteiger partial charge in [0.05, 0.1) is 13.2 Å². The Balaban J connectivity index is 1.71. The number of pyridine rings is 1. The van der Waals surface area contributed by atoms with Gasteiger partial charge in [0, 0.05) is 25.6 Å². The van der Waals surface area contributed by atoms with Crippen LogP contribution in [0.15, 0.2) is 30.3 Å². The molecule has 0 N–H and O–H groups in total. The largest absolute Gasteiger partial charge is 0.494 e. The van der Waals surface area contributed by atoms with Gasteiger partial charge in [-0.05, 0) is 43.9 Å². The van der Waals surface area contributed by atoms with E-state index in [1.54, 1.807) is 7.11 Å².